The second-order valence-corrected chi connectivity index (χ2v) is 4.82. The molecule has 0 fully saturated rings. The van der Waals surface area contributed by atoms with Crippen LogP contribution in [0.5, 0.6) is 0 Å². The van der Waals surface area contributed by atoms with Crippen LogP contribution in [0.25, 0.3) is 0 Å². The van der Waals surface area contributed by atoms with E-state index in [0.29, 0.717) is 0 Å². The maximum Gasteiger partial charge on any atom is 0.120 e. The minimum atomic E-state index is 0.0219. The van der Waals surface area contributed by atoms with Gasteiger partial charge in [0.2, 0.25) is 0 Å². The highest BCUT2D eigenvalue weighted by Gasteiger charge is 2.18. The molecule has 0 radical (unpaired) electrons. The molecule has 1 atom stereocenters. The van der Waals surface area contributed by atoms with E-state index in [-0.39, 0.29) is 11.5 Å². The van der Waals surface area contributed by atoms with Crippen molar-refractivity contribution in [2.24, 2.45) is 11.1 Å². The number of aryl methyl sites for hydroxylation is 1. The largest absolute Gasteiger partial charge is 0.465 e. The fourth-order valence-corrected chi connectivity index (χ4v) is 1.41. The molecule has 0 aliphatic rings. The smallest absolute Gasteiger partial charge is 0.120 e. The highest BCUT2D eigenvalue weighted by atomic mass is 16.3. The van der Waals surface area contributed by atoms with Crippen LogP contribution in [0.4, 0.5) is 0 Å². The van der Waals surface area contributed by atoms with Gasteiger partial charge in [-0.25, -0.2) is 0 Å². The molecular formula is C11H19NO. The monoisotopic (exact) mass is 181 g/mol. The van der Waals surface area contributed by atoms with Crippen molar-refractivity contribution in [2.45, 2.75) is 40.2 Å². The van der Waals surface area contributed by atoms with Crippen LogP contribution in [0.15, 0.2) is 16.5 Å². The van der Waals surface area contributed by atoms with Gasteiger partial charge >= 0.3 is 0 Å². The molecule has 1 aromatic rings. The molecule has 0 amide bonds. The van der Waals surface area contributed by atoms with Crippen molar-refractivity contribution in [1.29, 1.82) is 0 Å². The quantitative estimate of drug-likeness (QED) is 0.761. The maximum absolute atomic E-state index is 6.00. The fourth-order valence-electron chi connectivity index (χ4n) is 1.41. The Balaban J connectivity index is 2.64. The van der Waals surface area contributed by atoms with Gasteiger partial charge in [0.1, 0.15) is 11.5 Å². The molecule has 0 spiro atoms. The molecule has 13 heavy (non-hydrogen) atoms. The zero-order chi connectivity index (χ0) is 10.1. The standard InChI is InChI=1S/C11H19NO/c1-8-5-6-10(13-8)9(12)7-11(2,3)4/h5-6,9H,7,12H2,1-4H3. The van der Waals surface area contributed by atoms with E-state index in [1.54, 1.807) is 0 Å². The molecule has 74 valence electrons. The Kier molecular flexibility index (Phi) is 2.81. The average Bonchev–Trinajstić information content (AvgIpc) is 2.31. The number of rotatable bonds is 2. The van der Waals surface area contributed by atoms with E-state index in [1.165, 1.54) is 0 Å². The minimum absolute atomic E-state index is 0.0219. The van der Waals surface area contributed by atoms with Crippen LogP contribution in [0, 0.1) is 12.3 Å². The van der Waals surface area contributed by atoms with Crippen LogP contribution in [0.3, 0.4) is 0 Å². The lowest BCUT2D eigenvalue weighted by Gasteiger charge is -2.21. The summed E-state index contributed by atoms with van der Waals surface area (Å²) in [6.45, 7) is 8.49. The van der Waals surface area contributed by atoms with Crippen LogP contribution >= 0.6 is 0 Å². The fraction of sp³-hybridized carbons (Fsp3) is 0.636. The Hall–Kier alpha value is -0.760. The summed E-state index contributed by atoms with van der Waals surface area (Å²) < 4.78 is 5.47. The van der Waals surface area contributed by atoms with Gasteiger partial charge in [0.25, 0.3) is 0 Å². The number of furan rings is 1. The number of hydrogen-bond acceptors (Lipinski definition) is 2. The highest BCUT2D eigenvalue weighted by molar-refractivity contribution is 5.09. The molecule has 1 aromatic heterocycles. The number of nitrogens with two attached hydrogens (primary N) is 1. The van der Waals surface area contributed by atoms with Crippen LogP contribution in [-0.4, -0.2) is 0 Å². The molecule has 2 nitrogen and oxygen atoms in total. The predicted octanol–water partition coefficient (Wildman–Crippen LogP) is 3.02. The summed E-state index contributed by atoms with van der Waals surface area (Å²) in [5.74, 6) is 1.83. The summed E-state index contributed by atoms with van der Waals surface area (Å²) in [7, 11) is 0. The number of hydrogen-bond donors (Lipinski definition) is 1. The lowest BCUT2D eigenvalue weighted by atomic mass is 9.88. The SMILES string of the molecule is Cc1ccc(C(N)CC(C)(C)C)o1. The molecule has 1 rings (SSSR count). The molecular weight excluding hydrogens is 162 g/mol. The van der Waals surface area contributed by atoms with Gasteiger partial charge in [-0.15, -0.1) is 0 Å². The summed E-state index contributed by atoms with van der Waals surface area (Å²) in [5.41, 5.74) is 6.25. The third-order valence-electron chi connectivity index (χ3n) is 1.96. The van der Waals surface area contributed by atoms with Gasteiger partial charge in [-0.05, 0) is 30.9 Å². The van der Waals surface area contributed by atoms with Crippen molar-refractivity contribution < 1.29 is 4.42 Å². The van der Waals surface area contributed by atoms with Gasteiger partial charge < -0.3 is 10.2 Å². The van der Waals surface area contributed by atoms with Gasteiger partial charge in [0.15, 0.2) is 0 Å². The van der Waals surface area contributed by atoms with Crippen LogP contribution in [0.1, 0.15) is 44.8 Å². The van der Waals surface area contributed by atoms with E-state index in [2.05, 4.69) is 20.8 Å². The van der Waals surface area contributed by atoms with Crippen molar-refractivity contribution in [3.63, 3.8) is 0 Å². The van der Waals surface area contributed by atoms with Gasteiger partial charge in [-0.1, -0.05) is 20.8 Å². The molecule has 0 aliphatic heterocycles. The van der Waals surface area contributed by atoms with Crippen molar-refractivity contribution in [1.82, 2.24) is 0 Å². The minimum Gasteiger partial charge on any atom is -0.465 e. The van der Waals surface area contributed by atoms with E-state index >= 15 is 0 Å². The van der Waals surface area contributed by atoms with E-state index < -0.39 is 0 Å². The zero-order valence-corrected chi connectivity index (χ0v) is 8.92. The first kappa shape index (κ1) is 10.3. The summed E-state index contributed by atoms with van der Waals surface area (Å²) in [6, 6.07) is 3.94. The van der Waals surface area contributed by atoms with Crippen molar-refractivity contribution >= 4 is 0 Å². The molecule has 0 saturated heterocycles. The van der Waals surface area contributed by atoms with Crippen molar-refractivity contribution in [3.05, 3.63) is 23.7 Å². The maximum atomic E-state index is 6.00. The Morgan fingerprint density at radius 2 is 2.00 bits per heavy atom. The second-order valence-electron chi connectivity index (χ2n) is 4.82. The molecule has 0 aromatic carbocycles. The Morgan fingerprint density at radius 1 is 1.38 bits per heavy atom. The first-order chi connectivity index (χ1) is 5.88. The van der Waals surface area contributed by atoms with Gasteiger partial charge in [-0.2, -0.15) is 0 Å². The van der Waals surface area contributed by atoms with Crippen LogP contribution in [-0.2, 0) is 0 Å². The third-order valence-corrected chi connectivity index (χ3v) is 1.96. The molecule has 0 aliphatic carbocycles. The highest BCUT2D eigenvalue weighted by Crippen LogP contribution is 2.28. The Bertz CT molecular complexity index is 270. The van der Waals surface area contributed by atoms with Crippen LogP contribution in [0.2, 0.25) is 0 Å². The summed E-state index contributed by atoms with van der Waals surface area (Å²) in [5, 5.41) is 0. The average molecular weight is 181 g/mol. The normalized spacial score (nSPS) is 14.5. The molecule has 0 saturated carbocycles. The topological polar surface area (TPSA) is 39.2 Å². The van der Waals surface area contributed by atoms with E-state index in [9.17, 15) is 0 Å². The first-order valence-corrected chi connectivity index (χ1v) is 4.70. The molecule has 1 unspecified atom stereocenters. The summed E-state index contributed by atoms with van der Waals surface area (Å²) >= 11 is 0. The van der Waals surface area contributed by atoms with Crippen LogP contribution < -0.4 is 5.73 Å². The van der Waals surface area contributed by atoms with Gasteiger partial charge in [0, 0.05) is 0 Å². The van der Waals surface area contributed by atoms with E-state index in [4.69, 9.17) is 10.2 Å². The lowest BCUT2D eigenvalue weighted by Crippen LogP contribution is -2.18. The van der Waals surface area contributed by atoms with Gasteiger partial charge in [0.05, 0.1) is 6.04 Å². The molecule has 2 N–H and O–H groups in total. The Morgan fingerprint density at radius 3 is 2.38 bits per heavy atom. The summed E-state index contributed by atoms with van der Waals surface area (Å²) in [6.07, 6.45) is 0.944. The summed E-state index contributed by atoms with van der Waals surface area (Å²) in [4.78, 5) is 0. The Labute approximate surface area is 80.1 Å². The predicted molar refractivity (Wildman–Crippen MR) is 54.4 cm³/mol. The van der Waals surface area contributed by atoms with Crippen molar-refractivity contribution in [3.8, 4) is 0 Å². The molecule has 2 heteroatoms. The lowest BCUT2D eigenvalue weighted by molar-refractivity contribution is 0.314. The van der Waals surface area contributed by atoms with E-state index in [1.807, 2.05) is 19.1 Å². The van der Waals surface area contributed by atoms with Gasteiger partial charge in [-0.3, -0.25) is 0 Å². The zero-order valence-electron chi connectivity index (χ0n) is 8.92. The third kappa shape index (κ3) is 3.23. The van der Waals surface area contributed by atoms with Crippen molar-refractivity contribution in [2.75, 3.05) is 0 Å². The first-order valence-electron chi connectivity index (χ1n) is 4.70. The molecule has 0 bridgehead atoms. The second kappa shape index (κ2) is 3.54. The molecule has 1 heterocycles. The van der Waals surface area contributed by atoms with E-state index in [0.717, 1.165) is 17.9 Å².